The van der Waals surface area contributed by atoms with Crippen LogP contribution in [0.15, 0.2) is 24.3 Å². The third kappa shape index (κ3) is 4.85. The Morgan fingerprint density at radius 3 is 2.47 bits per heavy atom. The van der Waals surface area contributed by atoms with Gasteiger partial charge in [0.2, 0.25) is 0 Å². The van der Waals surface area contributed by atoms with Gasteiger partial charge in [0.05, 0.1) is 33.3 Å². The van der Waals surface area contributed by atoms with Crippen LogP contribution >= 0.6 is 0 Å². The highest BCUT2D eigenvalue weighted by Gasteiger charge is 2.33. The molecule has 0 aliphatic carbocycles. The third-order valence-electron chi connectivity index (χ3n) is 6.20. The number of amides is 2. The summed E-state index contributed by atoms with van der Waals surface area (Å²) < 4.78 is 17.4. The molecular weight excluding hydrogens is 440 g/mol. The normalized spacial score (nSPS) is 17.9. The number of benzene rings is 1. The second kappa shape index (κ2) is 10.1. The van der Waals surface area contributed by atoms with Crippen LogP contribution in [-0.2, 0) is 22.6 Å². The van der Waals surface area contributed by atoms with Gasteiger partial charge in [-0.1, -0.05) is 0 Å². The molecule has 1 saturated heterocycles. The number of rotatable bonds is 7. The van der Waals surface area contributed by atoms with Crippen molar-refractivity contribution in [3.63, 3.8) is 0 Å². The molecule has 34 heavy (non-hydrogen) atoms. The van der Waals surface area contributed by atoms with E-state index in [1.54, 1.807) is 47.8 Å². The fraction of sp³-hybridized carbons (Fsp3) is 0.500. The summed E-state index contributed by atoms with van der Waals surface area (Å²) in [7, 11) is 3.16. The highest BCUT2D eigenvalue weighted by atomic mass is 16.5. The standard InChI is InChI=1S/C24H30N4O6/c1-4-34-24(31)17-6-5-7-26(15-17)22(29)20-13-21-23(30)27(8-9-28(21)25-20)14-16-10-18(32-2)12-19(11-16)33-3/h10-13,17H,4-9,14-15H2,1-3H3/t17-/m1/s1. The number of esters is 1. The Kier molecular flexibility index (Phi) is 7.04. The van der Waals surface area contributed by atoms with Crippen molar-refractivity contribution in [2.75, 3.05) is 40.5 Å². The molecule has 2 aromatic rings. The zero-order valence-electron chi connectivity index (χ0n) is 19.8. The van der Waals surface area contributed by atoms with Crippen molar-refractivity contribution in [3.8, 4) is 11.5 Å². The quantitative estimate of drug-likeness (QED) is 0.570. The molecule has 2 aliphatic heterocycles. The number of carbonyl (C=O) groups is 3. The Hall–Kier alpha value is -3.56. The summed E-state index contributed by atoms with van der Waals surface area (Å²) in [5.74, 6) is 0.241. The Labute approximate surface area is 198 Å². The summed E-state index contributed by atoms with van der Waals surface area (Å²) in [6.45, 7) is 4.28. The maximum atomic E-state index is 13.2. The lowest BCUT2D eigenvalue weighted by atomic mass is 9.98. The number of piperidine rings is 1. The van der Waals surface area contributed by atoms with Crippen LogP contribution in [0.4, 0.5) is 0 Å². The van der Waals surface area contributed by atoms with Gasteiger partial charge in [-0.15, -0.1) is 0 Å². The van der Waals surface area contributed by atoms with E-state index in [1.165, 1.54) is 0 Å². The van der Waals surface area contributed by atoms with Gasteiger partial charge in [-0.3, -0.25) is 19.1 Å². The molecule has 0 unspecified atom stereocenters. The number of ether oxygens (including phenoxy) is 3. The summed E-state index contributed by atoms with van der Waals surface area (Å²) in [5.41, 5.74) is 1.48. The van der Waals surface area contributed by atoms with E-state index in [1.807, 2.05) is 12.1 Å². The van der Waals surface area contributed by atoms with E-state index in [4.69, 9.17) is 14.2 Å². The van der Waals surface area contributed by atoms with Crippen molar-refractivity contribution >= 4 is 17.8 Å². The zero-order valence-corrected chi connectivity index (χ0v) is 19.8. The second-order valence-electron chi connectivity index (χ2n) is 8.43. The minimum absolute atomic E-state index is 0.192. The average Bonchev–Trinajstić information content (AvgIpc) is 3.30. The van der Waals surface area contributed by atoms with Gasteiger partial charge in [-0.05, 0) is 37.5 Å². The monoisotopic (exact) mass is 470 g/mol. The molecule has 2 amide bonds. The highest BCUT2D eigenvalue weighted by Crippen LogP contribution is 2.25. The smallest absolute Gasteiger partial charge is 0.310 e. The Morgan fingerprint density at radius 2 is 1.79 bits per heavy atom. The molecule has 182 valence electrons. The lowest BCUT2D eigenvalue weighted by Crippen LogP contribution is -2.43. The topological polar surface area (TPSA) is 103 Å². The first-order valence-corrected chi connectivity index (χ1v) is 11.5. The number of fused-ring (bicyclic) bond motifs is 1. The van der Waals surface area contributed by atoms with E-state index in [-0.39, 0.29) is 29.4 Å². The molecular formula is C24H30N4O6. The maximum Gasteiger partial charge on any atom is 0.310 e. The van der Waals surface area contributed by atoms with Gasteiger partial charge < -0.3 is 24.0 Å². The molecule has 0 saturated carbocycles. The molecule has 0 radical (unpaired) electrons. The first-order valence-electron chi connectivity index (χ1n) is 11.5. The predicted octanol–water partition coefficient (Wildman–Crippen LogP) is 1.97. The van der Waals surface area contributed by atoms with Crippen molar-refractivity contribution < 1.29 is 28.6 Å². The number of carbonyl (C=O) groups excluding carboxylic acids is 3. The van der Waals surface area contributed by atoms with Gasteiger partial charge in [-0.2, -0.15) is 5.10 Å². The Morgan fingerprint density at radius 1 is 1.06 bits per heavy atom. The third-order valence-corrected chi connectivity index (χ3v) is 6.20. The molecule has 1 atom stereocenters. The lowest BCUT2D eigenvalue weighted by Gasteiger charge is -2.31. The van der Waals surface area contributed by atoms with Gasteiger partial charge in [0.1, 0.15) is 17.2 Å². The molecule has 2 aliphatic rings. The summed E-state index contributed by atoms with van der Waals surface area (Å²) >= 11 is 0. The minimum Gasteiger partial charge on any atom is -0.497 e. The van der Waals surface area contributed by atoms with E-state index in [2.05, 4.69) is 5.10 Å². The molecule has 1 fully saturated rings. The van der Waals surface area contributed by atoms with Crippen LogP contribution in [0.25, 0.3) is 0 Å². The molecule has 3 heterocycles. The van der Waals surface area contributed by atoms with Crippen LogP contribution in [0.5, 0.6) is 11.5 Å². The fourth-order valence-electron chi connectivity index (χ4n) is 4.45. The van der Waals surface area contributed by atoms with Gasteiger partial charge in [0.15, 0.2) is 5.69 Å². The summed E-state index contributed by atoms with van der Waals surface area (Å²) in [6, 6.07) is 7.07. The number of aromatic nitrogens is 2. The van der Waals surface area contributed by atoms with Gasteiger partial charge >= 0.3 is 5.97 Å². The van der Waals surface area contributed by atoms with Crippen LogP contribution < -0.4 is 9.47 Å². The van der Waals surface area contributed by atoms with Crippen LogP contribution in [0.1, 0.15) is 46.3 Å². The molecule has 1 aromatic carbocycles. The molecule has 0 spiro atoms. The first kappa shape index (κ1) is 23.6. The molecule has 1 aromatic heterocycles. The fourth-order valence-corrected chi connectivity index (χ4v) is 4.45. The molecule has 4 rings (SSSR count). The van der Waals surface area contributed by atoms with Crippen molar-refractivity contribution in [2.45, 2.75) is 32.9 Å². The highest BCUT2D eigenvalue weighted by molar-refractivity contribution is 5.98. The van der Waals surface area contributed by atoms with Gasteiger partial charge in [0.25, 0.3) is 11.8 Å². The van der Waals surface area contributed by atoms with E-state index in [9.17, 15) is 14.4 Å². The van der Waals surface area contributed by atoms with E-state index in [0.29, 0.717) is 62.9 Å². The number of hydrogen-bond donors (Lipinski definition) is 0. The first-order chi connectivity index (χ1) is 16.4. The number of nitrogens with zero attached hydrogens (tertiary/aromatic N) is 4. The molecule has 10 heteroatoms. The molecule has 10 nitrogen and oxygen atoms in total. The minimum atomic E-state index is -0.327. The van der Waals surface area contributed by atoms with Crippen LogP contribution in [0.3, 0.4) is 0 Å². The lowest BCUT2D eigenvalue weighted by molar-refractivity contribution is -0.149. The number of likely N-dealkylation sites (tertiary alicyclic amines) is 1. The predicted molar refractivity (Wildman–Crippen MR) is 122 cm³/mol. The summed E-state index contributed by atoms with van der Waals surface area (Å²) in [4.78, 5) is 41.8. The Bertz CT molecular complexity index is 1060. The van der Waals surface area contributed by atoms with Crippen LogP contribution in [0.2, 0.25) is 0 Å². The van der Waals surface area contributed by atoms with Crippen molar-refractivity contribution in [1.82, 2.24) is 19.6 Å². The van der Waals surface area contributed by atoms with Gasteiger partial charge in [0, 0.05) is 38.3 Å². The Balaban J connectivity index is 1.47. The molecule has 0 bridgehead atoms. The van der Waals surface area contributed by atoms with E-state index >= 15 is 0 Å². The molecule has 0 N–H and O–H groups in total. The van der Waals surface area contributed by atoms with Crippen LogP contribution in [0, 0.1) is 5.92 Å². The van der Waals surface area contributed by atoms with Crippen molar-refractivity contribution in [1.29, 1.82) is 0 Å². The van der Waals surface area contributed by atoms with E-state index < -0.39 is 0 Å². The second-order valence-corrected chi connectivity index (χ2v) is 8.43. The maximum absolute atomic E-state index is 13.2. The SMILES string of the molecule is CCOC(=O)[C@@H]1CCCN(C(=O)c2cc3n(n2)CCN(Cc2cc(OC)cc(OC)c2)C3=O)C1. The number of hydrogen-bond acceptors (Lipinski definition) is 7. The summed E-state index contributed by atoms with van der Waals surface area (Å²) in [5, 5.41) is 4.40. The zero-order chi connectivity index (χ0) is 24.2. The van der Waals surface area contributed by atoms with Crippen LogP contribution in [-0.4, -0.2) is 77.8 Å². The number of methoxy groups -OCH3 is 2. The summed E-state index contributed by atoms with van der Waals surface area (Å²) in [6.07, 6.45) is 1.42. The van der Waals surface area contributed by atoms with Crippen molar-refractivity contribution in [2.24, 2.45) is 5.92 Å². The van der Waals surface area contributed by atoms with E-state index in [0.717, 1.165) is 12.0 Å². The largest absolute Gasteiger partial charge is 0.497 e. The van der Waals surface area contributed by atoms with Crippen molar-refractivity contribution in [3.05, 3.63) is 41.2 Å². The van der Waals surface area contributed by atoms with Gasteiger partial charge in [-0.25, -0.2) is 0 Å². The average molecular weight is 471 g/mol.